The van der Waals surface area contributed by atoms with E-state index in [1.54, 1.807) is 6.92 Å². The highest BCUT2D eigenvalue weighted by Crippen LogP contribution is 2.21. The predicted molar refractivity (Wildman–Crippen MR) is 69.5 cm³/mol. The first-order valence-electron chi connectivity index (χ1n) is 5.98. The van der Waals surface area contributed by atoms with E-state index < -0.39 is 33.3 Å². The molecular formula is C12H16FNO5S. The minimum atomic E-state index is -4.18. The number of halogens is 1. The molecule has 0 spiro atoms. The van der Waals surface area contributed by atoms with Crippen LogP contribution in [0, 0.1) is 5.82 Å². The summed E-state index contributed by atoms with van der Waals surface area (Å²) >= 11 is 0. The first kappa shape index (κ1) is 16.5. The Hall–Kier alpha value is -1.51. The van der Waals surface area contributed by atoms with E-state index in [4.69, 9.17) is 10.2 Å². The molecule has 0 fully saturated rings. The highest BCUT2D eigenvalue weighted by Gasteiger charge is 2.27. The zero-order chi connectivity index (χ0) is 15.3. The first-order chi connectivity index (χ1) is 9.34. The SMILES string of the molecule is CCCN(CCO)S(=O)(=O)c1cc(C(=O)O)ccc1F. The molecule has 1 rings (SSSR count). The molecule has 1 aromatic carbocycles. The van der Waals surface area contributed by atoms with Gasteiger partial charge in [-0.1, -0.05) is 6.92 Å². The van der Waals surface area contributed by atoms with Gasteiger partial charge in [0.1, 0.15) is 10.7 Å². The van der Waals surface area contributed by atoms with Gasteiger partial charge in [-0.3, -0.25) is 0 Å². The molecule has 0 heterocycles. The third-order valence-corrected chi connectivity index (χ3v) is 4.53. The lowest BCUT2D eigenvalue weighted by molar-refractivity contribution is 0.0696. The minimum absolute atomic E-state index is 0.111. The summed E-state index contributed by atoms with van der Waals surface area (Å²) < 4.78 is 39.2. The standard InChI is InChI=1S/C12H16FNO5S/c1-2-5-14(6-7-15)20(18,19)11-8-9(12(16)17)3-4-10(11)13/h3-4,8,15H,2,5-7H2,1H3,(H,16,17). The van der Waals surface area contributed by atoms with Crippen LogP contribution in [0.2, 0.25) is 0 Å². The average molecular weight is 305 g/mol. The number of hydrogen-bond donors (Lipinski definition) is 2. The molecular weight excluding hydrogens is 289 g/mol. The number of aliphatic hydroxyl groups excluding tert-OH is 1. The van der Waals surface area contributed by atoms with Crippen LogP contribution in [0.1, 0.15) is 23.7 Å². The number of rotatable bonds is 7. The Kier molecular flexibility index (Phi) is 5.61. The van der Waals surface area contributed by atoms with Gasteiger partial charge in [0.15, 0.2) is 0 Å². The van der Waals surface area contributed by atoms with Gasteiger partial charge in [-0.15, -0.1) is 0 Å². The number of aromatic carboxylic acids is 1. The summed E-state index contributed by atoms with van der Waals surface area (Å²) in [5, 5.41) is 17.7. The largest absolute Gasteiger partial charge is 0.478 e. The lowest BCUT2D eigenvalue weighted by atomic mass is 10.2. The predicted octanol–water partition coefficient (Wildman–Crippen LogP) is 0.917. The molecule has 0 atom stereocenters. The molecule has 0 aromatic heterocycles. The quantitative estimate of drug-likeness (QED) is 0.781. The van der Waals surface area contributed by atoms with E-state index in [2.05, 4.69) is 0 Å². The van der Waals surface area contributed by atoms with Crippen molar-refractivity contribution in [1.82, 2.24) is 4.31 Å². The topological polar surface area (TPSA) is 94.9 Å². The van der Waals surface area contributed by atoms with Gasteiger partial charge in [0, 0.05) is 13.1 Å². The zero-order valence-corrected chi connectivity index (χ0v) is 11.7. The van der Waals surface area contributed by atoms with Gasteiger partial charge in [-0.25, -0.2) is 17.6 Å². The van der Waals surface area contributed by atoms with Crippen LogP contribution in [0.4, 0.5) is 4.39 Å². The van der Waals surface area contributed by atoms with Crippen LogP contribution in [0.15, 0.2) is 23.1 Å². The van der Waals surface area contributed by atoms with Crippen molar-refractivity contribution in [3.8, 4) is 0 Å². The highest BCUT2D eigenvalue weighted by atomic mass is 32.2. The van der Waals surface area contributed by atoms with E-state index in [9.17, 15) is 17.6 Å². The van der Waals surface area contributed by atoms with Crippen molar-refractivity contribution in [1.29, 1.82) is 0 Å². The van der Waals surface area contributed by atoms with E-state index >= 15 is 0 Å². The Morgan fingerprint density at radius 3 is 2.50 bits per heavy atom. The van der Waals surface area contributed by atoms with Crippen LogP contribution in [0.3, 0.4) is 0 Å². The smallest absolute Gasteiger partial charge is 0.335 e. The van der Waals surface area contributed by atoms with Crippen LogP contribution in [0.5, 0.6) is 0 Å². The molecule has 0 bridgehead atoms. The number of carboxylic acid groups (broad SMARTS) is 1. The number of sulfonamides is 1. The Morgan fingerprint density at radius 1 is 1.35 bits per heavy atom. The van der Waals surface area contributed by atoms with Crippen LogP contribution in [0.25, 0.3) is 0 Å². The van der Waals surface area contributed by atoms with E-state index in [0.717, 1.165) is 22.5 Å². The van der Waals surface area contributed by atoms with Crippen molar-refractivity contribution in [2.24, 2.45) is 0 Å². The average Bonchev–Trinajstić information content (AvgIpc) is 2.38. The van der Waals surface area contributed by atoms with Gasteiger partial charge in [0.25, 0.3) is 0 Å². The van der Waals surface area contributed by atoms with Crippen LogP contribution in [-0.2, 0) is 10.0 Å². The third-order valence-electron chi connectivity index (χ3n) is 2.62. The minimum Gasteiger partial charge on any atom is -0.478 e. The summed E-state index contributed by atoms with van der Waals surface area (Å²) in [5.41, 5.74) is -0.314. The monoisotopic (exact) mass is 305 g/mol. The second-order valence-corrected chi connectivity index (χ2v) is 5.98. The second-order valence-electron chi connectivity index (χ2n) is 4.08. The molecule has 0 radical (unpaired) electrons. The lowest BCUT2D eigenvalue weighted by Crippen LogP contribution is -2.34. The molecule has 0 saturated carbocycles. The van der Waals surface area contributed by atoms with Crippen LogP contribution < -0.4 is 0 Å². The van der Waals surface area contributed by atoms with Gasteiger partial charge >= 0.3 is 5.97 Å². The number of hydrogen-bond acceptors (Lipinski definition) is 4. The number of carboxylic acids is 1. The number of aliphatic hydroxyl groups is 1. The summed E-state index contributed by atoms with van der Waals surface area (Å²) in [7, 11) is -4.18. The fourth-order valence-electron chi connectivity index (χ4n) is 1.69. The Labute approximate surface area is 116 Å². The fraction of sp³-hybridized carbons (Fsp3) is 0.417. The van der Waals surface area contributed by atoms with Crippen molar-refractivity contribution in [2.45, 2.75) is 18.2 Å². The molecule has 2 N–H and O–H groups in total. The maximum absolute atomic E-state index is 13.7. The summed E-state index contributed by atoms with van der Waals surface area (Å²) in [6.07, 6.45) is 0.486. The van der Waals surface area contributed by atoms with Crippen LogP contribution in [-0.4, -0.2) is 48.6 Å². The Balaban J connectivity index is 3.32. The molecule has 0 saturated heterocycles. The van der Waals surface area contributed by atoms with Crippen molar-refractivity contribution in [3.05, 3.63) is 29.6 Å². The van der Waals surface area contributed by atoms with E-state index in [1.807, 2.05) is 0 Å². The van der Waals surface area contributed by atoms with Gasteiger partial charge in [0.05, 0.1) is 12.2 Å². The summed E-state index contributed by atoms with van der Waals surface area (Å²) in [4.78, 5) is 10.1. The molecule has 0 unspecified atom stereocenters. The van der Waals surface area contributed by atoms with Crippen LogP contribution >= 0.6 is 0 Å². The lowest BCUT2D eigenvalue weighted by Gasteiger charge is -2.21. The molecule has 0 amide bonds. The Bertz CT molecular complexity index is 582. The number of benzene rings is 1. The van der Waals surface area contributed by atoms with Crippen molar-refractivity contribution in [3.63, 3.8) is 0 Å². The molecule has 0 aliphatic heterocycles. The Morgan fingerprint density at radius 2 is 2.00 bits per heavy atom. The molecule has 1 aromatic rings. The molecule has 8 heteroatoms. The van der Waals surface area contributed by atoms with Gasteiger partial charge in [-0.05, 0) is 24.6 Å². The molecule has 0 aliphatic rings. The van der Waals surface area contributed by atoms with Crippen molar-refractivity contribution >= 4 is 16.0 Å². The second kappa shape index (κ2) is 6.78. The van der Waals surface area contributed by atoms with E-state index in [1.165, 1.54) is 0 Å². The van der Waals surface area contributed by atoms with E-state index in [0.29, 0.717) is 6.42 Å². The highest BCUT2D eigenvalue weighted by molar-refractivity contribution is 7.89. The zero-order valence-electron chi connectivity index (χ0n) is 10.9. The molecule has 6 nitrogen and oxygen atoms in total. The summed E-state index contributed by atoms with van der Waals surface area (Å²) in [6.45, 7) is 1.27. The molecule has 112 valence electrons. The fourth-order valence-corrected chi connectivity index (χ4v) is 3.30. The van der Waals surface area contributed by atoms with E-state index in [-0.39, 0.29) is 18.7 Å². The van der Waals surface area contributed by atoms with Gasteiger partial charge < -0.3 is 10.2 Å². The molecule has 0 aliphatic carbocycles. The number of nitrogens with zero attached hydrogens (tertiary/aromatic N) is 1. The maximum Gasteiger partial charge on any atom is 0.335 e. The maximum atomic E-state index is 13.7. The van der Waals surface area contributed by atoms with Gasteiger partial charge in [-0.2, -0.15) is 4.31 Å². The summed E-state index contributed by atoms with van der Waals surface area (Å²) in [6, 6.07) is 2.58. The first-order valence-corrected chi connectivity index (χ1v) is 7.42. The van der Waals surface area contributed by atoms with Gasteiger partial charge in [0.2, 0.25) is 10.0 Å². The van der Waals surface area contributed by atoms with Crippen molar-refractivity contribution in [2.75, 3.05) is 19.7 Å². The normalized spacial score (nSPS) is 11.8. The third kappa shape index (κ3) is 3.53. The summed E-state index contributed by atoms with van der Waals surface area (Å²) in [5.74, 6) is -2.36. The van der Waals surface area contributed by atoms with Crippen molar-refractivity contribution < 1.29 is 27.8 Å². The number of carbonyl (C=O) groups is 1. The molecule has 20 heavy (non-hydrogen) atoms.